The Balaban J connectivity index is 3.89. The molecule has 0 aliphatic carbocycles. The number of nitrogens with zero attached hydrogens (tertiary/aromatic N) is 2. The molecule has 1 N–H and O–H groups in total. The number of rotatable bonds is 5. The molecular weight excluding hydrogens is 166 g/mol. The Kier molecular flexibility index (Phi) is 6.14. The Bertz CT molecular complexity index is 185. The predicted octanol–water partition coefficient (Wildman–Crippen LogP) is 0.840. The zero-order valence-electron chi connectivity index (χ0n) is 8.92. The largest absolute Gasteiger partial charge is 0.298 e. The van der Waals surface area contributed by atoms with Crippen LogP contribution >= 0.6 is 0 Å². The molecule has 0 fully saturated rings. The summed E-state index contributed by atoms with van der Waals surface area (Å²) in [6.45, 7) is 10.4. The zero-order valence-corrected chi connectivity index (χ0v) is 8.92. The van der Waals surface area contributed by atoms with E-state index in [1.807, 2.05) is 6.92 Å². The molecule has 0 aliphatic rings. The number of carbonyl (C=O) groups excluding carboxylic acids is 1. The summed E-state index contributed by atoms with van der Waals surface area (Å²) >= 11 is 0. The van der Waals surface area contributed by atoms with Crippen molar-refractivity contribution in [3.63, 3.8) is 0 Å². The summed E-state index contributed by atoms with van der Waals surface area (Å²) in [4.78, 5) is 12.8. The fraction of sp³-hybridized carbons (Fsp3) is 0.778. The molecular formula is C9H19N3O. The first-order valence-corrected chi connectivity index (χ1v) is 4.62. The molecule has 4 heteroatoms. The van der Waals surface area contributed by atoms with Gasteiger partial charge in [-0.05, 0) is 20.0 Å². The Morgan fingerprint density at radius 1 is 1.31 bits per heavy atom. The standard InChI is InChI=1S/C9H19N3O/c1-5-12(6-2)7-8(3)10-11-9(4)13/h5-7H2,1-4H3,(H,11,13). The maximum absolute atomic E-state index is 10.5. The number of nitrogens with one attached hydrogen (secondary N) is 1. The first-order chi connectivity index (χ1) is 6.10. The van der Waals surface area contributed by atoms with Gasteiger partial charge >= 0.3 is 0 Å². The summed E-state index contributed by atoms with van der Waals surface area (Å²) in [7, 11) is 0. The second-order valence-corrected chi connectivity index (χ2v) is 2.98. The van der Waals surface area contributed by atoms with Crippen molar-refractivity contribution in [1.29, 1.82) is 0 Å². The highest BCUT2D eigenvalue weighted by Crippen LogP contribution is 1.87. The van der Waals surface area contributed by atoms with Crippen LogP contribution in [0.5, 0.6) is 0 Å². The molecule has 13 heavy (non-hydrogen) atoms. The van der Waals surface area contributed by atoms with Crippen molar-refractivity contribution in [2.24, 2.45) is 5.10 Å². The first kappa shape index (κ1) is 12.1. The maximum atomic E-state index is 10.5. The van der Waals surface area contributed by atoms with Gasteiger partial charge in [-0.15, -0.1) is 0 Å². The highest BCUT2D eigenvalue weighted by atomic mass is 16.2. The quantitative estimate of drug-likeness (QED) is 0.509. The van der Waals surface area contributed by atoms with Crippen LogP contribution in [-0.4, -0.2) is 36.2 Å². The van der Waals surface area contributed by atoms with Gasteiger partial charge in [0, 0.05) is 19.2 Å². The molecule has 0 heterocycles. The van der Waals surface area contributed by atoms with Crippen molar-refractivity contribution in [3.05, 3.63) is 0 Å². The van der Waals surface area contributed by atoms with E-state index in [1.54, 1.807) is 0 Å². The van der Waals surface area contributed by atoms with Crippen molar-refractivity contribution in [3.8, 4) is 0 Å². The molecule has 0 saturated carbocycles. The molecule has 0 saturated heterocycles. The van der Waals surface area contributed by atoms with Gasteiger partial charge < -0.3 is 0 Å². The molecule has 0 atom stereocenters. The second kappa shape index (κ2) is 6.60. The molecule has 0 aromatic rings. The Labute approximate surface area is 80.0 Å². The monoisotopic (exact) mass is 185 g/mol. The van der Waals surface area contributed by atoms with Gasteiger partial charge in [0.05, 0.1) is 0 Å². The van der Waals surface area contributed by atoms with Gasteiger partial charge in [-0.3, -0.25) is 9.69 Å². The number of carbonyl (C=O) groups is 1. The molecule has 0 bridgehead atoms. The topological polar surface area (TPSA) is 44.7 Å². The Morgan fingerprint density at radius 2 is 1.85 bits per heavy atom. The normalized spacial score (nSPS) is 11.9. The molecule has 0 unspecified atom stereocenters. The Morgan fingerprint density at radius 3 is 2.23 bits per heavy atom. The average Bonchev–Trinajstić information content (AvgIpc) is 2.10. The van der Waals surface area contributed by atoms with E-state index < -0.39 is 0 Å². The van der Waals surface area contributed by atoms with Gasteiger partial charge in [-0.25, -0.2) is 5.43 Å². The fourth-order valence-corrected chi connectivity index (χ4v) is 0.980. The lowest BCUT2D eigenvalue weighted by Gasteiger charge is -2.17. The minimum absolute atomic E-state index is 0.126. The molecule has 0 aromatic carbocycles. The van der Waals surface area contributed by atoms with E-state index in [0.717, 1.165) is 25.3 Å². The first-order valence-electron chi connectivity index (χ1n) is 4.62. The summed E-state index contributed by atoms with van der Waals surface area (Å²) in [6.07, 6.45) is 0. The van der Waals surface area contributed by atoms with E-state index in [4.69, 9.17) is 0 Å². The van der Waals surface area contributed by atoms with E-state index >= 15 is 0 Å². The van der Waals surface area contributed by atoms with Crippen LogP contribution in [0.3, 0.4) is 0 Å². The van der Waals surface area contributed by atoms with Gasteiger partial charge in [-0.1, -0.05) is 13.8 Å². The van der Waals surface area contributed by atoms with Crippen LogP contribution in [0.1, 0.15) is 27.7 Å². The van der Waals surface area contributed by atoms with Crippen LogP contribution in [0.25, 0.3) is 0 Å². The molecule has 0 spiro atoms. The summed E-state index contributed by atoms with van der Waals surface area (Å²) in [5.41, 5.74) is 3.35. The molecule has 4 nitrogen and oxygen atoms in total. The third kappa shape index (κ3) is 6.28. The van der Waals surface area contributed by atoms with Gasteiger partial charge in [0.15, 0.2) is 0 Å². The van der Waals surface area contributed by atoms with Crippen LogP contribution in [0.4, 0.5) is 0 Å². The third-order valence-electron chi connectivity index (χ3n) is 1.75. The van der Waals surface area contributed by atoms with E-state index in [1.165, 1.54) is 6.92 Å². The summed E-state index contributed by atoms with van der Waals surface area (Å²) in [5, 5.41) is 3.93. The lowest BCUT2D eigenvalue weighted by molar-refractivity contribution is -0.118. The summed E-state index contributed by atoms with van der Waals surface area (Å²) < 4.78 is 0. The number of hydrogen-bond donors (Lipinski definition) is 1. The van der Waals surface area contributed by atoms with Crippen molar-refractivity contribution >= 4 is 11.6 Å². The van der Waals surface area contributed by atoms with E-state index in [0.29, 0.717) is 0 Å². The van der Waals surface area contributed by atoms with Crippen molar-refractivity contribution in [1.82, 2.24) is 10.3 Å². The van der Waals surface area contributed by atoms with E-state index in [2.05, 4.69) is 29.3 Å². The van der Waals surface area contributed by atoms with Crippen molar-refractivity contribution in [2.45, 2.75) is 27.7 Å². The molecule has 0 aliphatic heterocycles. The minimum atomic E-state index is -0.126. The molecule has 0 radical (unpaired) electrons. The van der Waals surface area contributed by atoms with Crippen LogP contribution < -0.4 is 5.43 Å². The lowest BCUT2D eigenvalue weighted by Crippen LogP contribution is -2.29. The van der Waals surface area contributed by atoms with Gasteiger partial charge in [0.1, 0.15) is 0 Å². The smallest absolute Gasteiger partial charge is 0.236 e. The third-order valence-corrected chi connectivity index (χ3v) is 1.75. The highest BCUT2D eigenvalue weighted by Gasteiger charge is 2.00. The van der Waals surface area contributed by atoms with Gasteiger partial charge in [0.2, 0.25) is 5.91 Å². The predicted molar refractivity (Wildman–Crippen MR) is 54.7 cm³/mol. The molecule has 0 aromatic heterocycles. The van der Waals surface area contributed by atoms with E-state index in [9.17, 15) is 4.79 Å². The van der Waals surface area contributed by atoms with E-state index in [-0.39, 0.29) is 5.91 Å². The summed E-state index contributed by atoms with van der Waals surface area (Å²) in [5.74, 6) is -0.126. The molecule has 76 valence electrons. The van der Waals surface area contributed by atoms with Crippen LogP contribution in [-0.2, 0) is 4.79 Å². The SMILES string of the molecule is CCN(CC)CC(C)=NNC(C)=O. The molecule has 1 amide bonds. The minimum Gasteiger partial charge on any atom is -0.298 e. The van der Waals surface area contributed by atoms with Gasteiger partial charge in [-0.2, -0.15) is 5.10 Å². The lowest BCUT2D eigenvalue weighted by atomic mass is 10.3. The van der Waals surface area contributed by atoms with Crippen molar-refractivity contribution < 1.29 is 4.79 Å². The highest BCUT2D eigenvalue weighted by molar-refractivity contribution is 5.85. The number of hydrazone groups is 1. The van der Waals surface area contributed by atoms with Gasteiger partial charge in [0.25, 0.3) is 0 Å². The van der Waals surface area contributed by atoms with Crippen LogP contribution in [0.15, 0.2) is 5.10 Å². The molecule has 0 rings (SSSR count). The summed E-state index contributed by atoms with van der Waals surface area (Å²) in [6, 6.07) is 0. The average molecular weight is 185 g/mol. The van der Waals surface area contributed by atoms with Crippen LogP contribution in [0.2, 0.25) is 0 Å². The zero-order chi connectivity index (χ0) is 10.3. The van der Waals surface area contributed by atoms with Crippen LogP contribution in [0, 0.1) is 0 Å². The van der Waals surface area contributed by atoms with Crippen molar-refractivity contribution in [2.75, 3.05) is 19.6 Å². The maximum Gasteiger partial charge on any atom is 0.236 e. The number of hydrogen-bond acceptors (Lipinski definition) is 3. The number of amides is 1. The second-order valence-electron chi connectivity index (χ2n) is 2.98. The Hall–Kier alpha value is -0.900. The fourth-order valence-electron chi connectivity index (χ4n) is 0.980.